The summed E-state index contributed by atoms with van der Waals surface area (Å²) in [6.45, 7) is 0.750. The molecule has 0 aromatic heterocycles. The molecule has 26 heavy (non-hydrogen) atoms. The van der Waals surface area contributed by atoms with Gasteiger partial charge in [-0.3, -0.25) is 19.7 Å². The van der Waals surface area contributed by atoms with E-state index < -0.39 is 17.9 Å². The number of benzene rings is 1. The van der Waals surface area contributed by atoms with Gasteiger partial charge in [-0.15, -0.1) is 0 Å². The Morgan fingerprint density at radius 2 is 2.15 bits per heavy atom. The summed E-state index contributed by atoms with van der Waals surface area (Å²) in [4.78, 5) is 37.6. The smallest absolute Gasteiger partial charge is 0.308 e. The molecule has 1 saturated heterocycles. The maximum Gasteiger partial charge on any atom is 0.308 e. The Bertz CT molecular complexity index is 743. The molecule has 1 atom stereocenters. The van der Waals surface area contributed by atoms with Crippen molar-refractivity contribution in [2.45, 2.75) is 12.5 Å². The first-order valence-electron chi connectivity index (χ1n) is 7.67. The number of rotatable bonds is 4. The quantitative estimate of drug-likeness (QED) is 0.363. The van der Waals surface area contributed by atoms with E-state index in [9.17, 15) is 14.4 Å². The van der Waals surface area contributed by atoms with Crippen molar-refractivity contribution in [3.05, 3.63) is 27.3 Å². The van der Waals surface area contributed by atoms with E-state index in [1.807, 2.05) is 0 Å². The van der Waals surface area contributed by atoms with Crippen molar-refractivity contribution in [1.29, 1.82) is 0 Å². The molecule has 2 rings (SSSR count). The van der Waals surface area contributed by atoms with Gasteiger partial charge in [0.2, 0.25) is 5.91 Å². The van der Waals surface area contributed by atoms with E-state index in [0.717, 1.165) is 3.57 Å². The van der Waals surface area contributed by atoms with Crippen LogP contribution in [-0.4, -0.2) is 61.1 Å². The van der Waals surface area contributed by atoms with E-state index in [0.29, 0.717) is 24.4 Å². The fourth-order valence-corrected chi connectivity index (χ4v) is 3.50. The molecule has 0 unspecified atom stereocenters. The fraction of sp³-hybridized carbons (Fsp3) is 0.375. The lowest BCUT2D eigenvalue weighted by Crippen LogP contribution is -2.60. The van der Waals surface area contributed by atoms with Crippen LogP contribution in [0.5, 0.6) is 5.75 Å². The van der Waals surface area contributed by atoms with E-state index in [1.165, 1.54) is 12.0 Å². The van der Waals surface area contributed by atoms with E-state index in [2.05, 4.69) is 38.0 Å². The third-order valence-electron chi connectivity index (χ3n) is 3.81. The Hall–Kier alpha value is -1.95. The first kappa shape index (κ1) is 20.4. The second kappa shape index (κ2) is 9.12. The highest BCUT2D eigenvalue weighted by Gasteiger charge is 2.34. The molecule has 0 aliphatic carbocycles. The Morgan fingerprint density at radius 3 is 2.77 bits per heavy atom. The largest absolute Gasteiger partial charge is 0.496 e. The first-order chi connectivity index (χ1) is 12.4. The van der Waals surface area contributed by atoms with Crippen LogP contribution < -0.4 is 15.4 Å². The predicted octanol–water partition coefficient (Wildman–Crippen LogP) is 0.678. The van der Waals surface area contributed by atoms with Gasteiger partial charge in [0.25, 0.3) is 5.91 Å². The molecule has 2 N–H and O–H groups in total. The number of halogens is 1. The zero-order chi connectivity index (χ0) is 19.3. The highest BCUT2D eigenvalue weighted by molar-refractivity contribution is 14.1. The minimum atomic E-state index is -0.819. The van der Waals surface area contributed by atoms with Crippen LogP contribution in [0, 0.1) is 3.57 Å². The summed E-state index contributed by atoms with van der Waals surface area (Å²) in [7, 11) is 2.80. The van der Waals surface area contributed by atoms with Crippen molar-refractivity contribution in [3.63, 3.8) is 0 Å². The van der Waals surface area contributed by atoms with Crippen LogP contribution in [0.25, 0.3) is 0 Å². The number of ether oxygens (including phenoxy) is 2. The highest BCUT2D eigenvalue weighted by Crippen LogP contribution is 2.21. The molecule has 0 bridgehead atoms. The molecule has 1 aromatic rings. The average Bonchev–Trinajstić information content (AvgIpc) is 2.62. The second-order valence-electron chi connectivity index (χ2n) is 5.39. The fourth-order valence-electron chi connectivity index (χ4n) is 2.45. The normalized spacial score (nSPS) is 16.5. The third-order valence-corrected chi connectivity index (χ3v) is 4.99. The summed E-state index contributed by atoms with van der Waals surface area (Å²) < 4.78 is 10.6. The number of hydrogen-bond acceptors (Lipinski definition) is 6. The molecule has 0 saturated carbocycles. The average molecular weight is 491 g/mol. The molecule has 1 fully saturated rings. The lowest BCUT2D eigenvalue weighted by molar-refractivity contribution is -0.144. The van der Waals surface area contributed by atoms with Crippen molar-refractivity contribution in [1.82, 2.24) is 15.5 Å². The number of thiocarbonyl (C=S) groups is 1. The number of nitrogens with zero attached hydrogens (tertiary/aromatic N) is 1. The number of nitrogens with one attached hydrogen (secondary N) is 2. The number of carbonyl (C=O) groups excluding carboxylic acids is 3. The minimum absolute atomic E-state index is 0.0876. The van der Waals surface area contributed by atoms with Crippen LogP contribution in [0.1, 0.15) is 16.8 Å². The summed E-state index contributed by atoms with van der Waals surface area (Å²) >= 11 is 7.35. The molecule has 1 aliphatic rings. The van der Waals surface area contributed by atoms with Gasteiger partial charge < -0.3 is 19.7 Å². The van der Waals surface area contributed by atoms with Crippen LogP contribution in [0.2, 0.25) is 0 Å². The van der Waals surface area contributed by atoms with Gasteiger partial charge >= 0.3 is 5.97 Å². The molecular formula is C16H18IN3O5S. The van der Waals surface area contributed by atoms with Gasteiger partial charge in [-0.1, -0.05) is 0 Å². The summed E-state index contributed by atoms with van der Waals surface area (Å²) in [6.07, 6.45) is -0.154. The lowest BCUT2D eigenvalue weighted by atomic mass is 10.1. The lowest BCUT2D eigenvalue weighted by Gasteiger charge is -2.36. The maximum absolute atomic E-state index is 12.5. The van der Waals surface area contributed by atoms with Gasteiger partial charge in [0.1, 0.15) is 11.8 Å². The standard InChI is InChI=1S/C16H18IN3O5S/c1-24-12-4-3-9(7-10(12)17)14(22)19-16(26)20-6-5-18-15(23)11(20)8-13(21)25-2/h3-4,7,11H,5-6,8H2,1-2H3,(H,18,23)(H,19,22,26)/t11-/m0/s1. The molecule has 140 valence electrons. The minimum Gasteiger partial charge on any atom is -0.496 e. The van der Waals surface area contributed by atoms with Gasteiger partial charge in [-0.05, 0) is 53.0 Å². The Kier molecular flexibility index (Phi) is 7.14. The van der Waals surface area contributed by atoms with Crippen LogP contribution >= 0.6 is 34.8 Å². The third kappa shape index (κ3) is 4.81. The maximum atomic E-state index is 12.5. The van der Waals surface area contributed by atoms with E-state index in [4.69, 9.17) is 17.0 Å². The topological polar surface area (TPSA) is 97.0 Å². The molecular weight excluding hydrogens is 473 g/mol. The van der Waals surface area contributed by atoms with Gasteiger partial charge in [0, 0.05) is 18.7 Å². The first-order valence-corrected chi connectivity index (χ1v) is 9.16. The van der Waals surface area contributed by atoms with Gasteiger partial charge in [-0.25, -0.2) is 0 Å². The Balaban J connectivity index is 2.11. The second-order valence-corrected chi connectivity index (χ2v) is 6.94. The number of amides is 2. The molecule has 1 aliphatic heterocycles. The molecule has 0 radical (unpaired) electrons. The van der Waals surface area contributed by atoms with Crippen LogP contribution in [0.15, 0.2) is 18.2 Å². The SMILES string of the molecule is COC(=O)C[C@H]1C(=O)NCCN1C(=S)NC(=O)c1ccc(OC)c(I)c1. The predicted molar refractivity (Wildman–Crippen MR) is 106 cm³/mol. The van der Waals surface area contributed by atoms with E-state index in [1.54, 1.807) is 25.3 Å². The summed E-state index contributed by atoms with van der Waals surface area (Å²) in [5, 5.41) is 5.38. The van der Waals surface area contributed by atoms with E-state index >= 15 is 0 Å². The van der Waals surface area contributed by atoms with Gasteiger partial charge in [0.15, 0.2) is 5.11 Å². The number of hydrogen-bond donors (Lipinski definition) is 2. The zero-order valence-corrected chi connectivity index (χ0v) is 17.2. The molecule has 1 heterocycles. The monoisotopic (exact) mass is 491 g/mol. The summed E-state index contributed by atoms with van der Waals surface area (Å²) in [5.41, 5.74) is 0.406. The molecule has 8 nitrogen and oxygen atoms in total. The summed E-state index contributed by atoms with van der Waals surface area (Å²) in [6, 6.07) is 4.16. The molecule has 10 heteroatoms. The number of esters is 1. The van der Waals surface area contributed by atoms with Crippen molar-refractivity contribution < 1.29 is 23.9 Å². The van der Waals surface area contributed by atoms with Crippen molar-refractivity contribution in [2.24, 2.45) is 0 Å². The Labute approximate surface area is 169 Å². The Morgan fingerprint density at radius 1 is 1.42 bits per heavy atom. The van der Waals surface area contributed by atoms with Crippen molar-refractivity contribution in [3.8, 4) is 5.75 Å². The van der Waals surface area contributed by atoms with Gasteiger partial charge in [0.05, 0.1) is 24.2 Å². The van der Waals surface area contributed by atoms with E-state index in [-0.39, 0.29) is 17.4 Å². The number of methoxy groups -OCH3 is 2. The van der Waals surface area contributed by atoms with Crippen molar-refractivity contribution >= 4 is 57.7 Å². The number of carbonyl (C=O) groups is 3. The number of piperazine rings is 1. The van der Waals surface area contributed by atoms with Crippen LogP contribution in [0.3, 0.4) is 0 Å². The highest BCUT2D eigenvalue weighted by atomic mass is 127. The van der Waals surface area contributed by atoms with Crippen LogP contribution in [-0.2, 0) is 14.3 Å². The zero-order valence-electron chi connectivity index (χ0n) is 14.2. The summed E-state index contributed by atoms with van der Waals surface area (Å²) in [5.74, 6) is -0.609. The molecule has 0 spiro atoms. The molecule has 1 aromatic carbocycles. The van der Waals surface area contributed by atoms with Gasteiger partial charge in [-0.2, -0.15) is 0 Å². The van der Waals surface area contributed by atoms with Crippen LogP contribution in [0.4, 0.5) is 0 Å². The van der Waals surface area contributed by atoms with Crippen molar-refractivity contribution in [2.75, 3.05) is 27.3 Å². The molecule has 2 amide bonds.